The van der Waals surface area contributed by atoms with Gasteiger partial charge in [0.2, 0.25) is 0 Å². The molecule has 2 fully saturated rings. The fourth-order valence-electron chi connectivity index (χ4n) is 4.11. The number of ether oxygens (including phenoxy) is 1. The standard InChI is InChI=1S/C18H24Br2O/c1-2-7-21-18-6-5-14(10-17(18)20)16(19)11-15-9-12-3-4-13(15)8-12/h5-6,10,12-13,15-16H,2-4,7-9,11H2,1H3. The Morgan fingerprint density at radius 1 is 1.29 bits per heavy atom. The van der Waals surface area contributed by atoms with Gasteiger partial charge in [-0.1, -0.05) is 35.3 Å². The summed E-state index contributed by atoms with van der Waals surface area (Å²) in [5.74, 6) is 3.94. The second-order valence-electron chi connectivity index (χ2n) is 6.68. The van der Waals surface area contributed by atoms with Crippen molar-refractivity contribution in [3.05, 3.63) is 28.2 Å². The van der Waals surface area contributed by atoms with Crippen LogP contribution in [0.15, 0.2) is 22.7 Å². The Hall–Kier alpha value is -0.0200. The topological polar surface area (TPSA) is 9.23 Å². The zero-order valence-electron chi connectivity index (χ0n) is 12.7. The number of hydrogen-bond acceptors (Lipinski definition) is 1. The van der Waals surface area contributed by atoms with Gasteiger partial charge in [-0.2, -0.15) is 0 Å². The fraction of sp³-hybridized carbons (Fsp3) is 0.667. The van der Waals surface area contributed by atoms with Gasteiger partial charge in [-0.3, -0.25) is 0 Å². The van der Waals surface area contributed by atoms with E-state index in [1.54, 1.807) is 0 Å². The number of alkyl halides is 1. The third-order valence-corrected chi connectivity index (χ3v) is 6.70. The van der Waals surface area contributed by atoms with Crippen molar-refractivity contribution in [3.8, 4) is 5.75 Å². The van der Waals surface area contributed by atoms with E-state index in [1.807, 2.05) is 0 Å². The maximum absolute atomic E-state index is 5.73. The highest BCUT2D eigenvalue weighted by atomic mass is 79.9. The van der Waals surface area contributed by atoms with Crippen molar-refractivity contribution in [3.63, 3.8) is 0 Å². The molecule has 1 aromatic rings. The van der Waals surface area contributed by atoms with Gasteiger partial charge in [0.15, 0.2) is 0 Å². The molecule has 0 spiro atoms. The van der Waals surface area contributed by atoms with Crippen LogP contribution in [0.25, 0.3) is 0 Å². The van der Waals surface area contributed by atoms with E-state index >= 15 is 0 Å². The van der Waals surface area contributed by atoms with Gasteiger partial charge in [0.05, 0.1) is 11.1 Å². The molecule has 2 aliphatic carbocycles. The van der Waals surface area contributed by atoms with Crippen molar-refractivity contribution >= 4 is 31.9 Å². The number of rotatable bonds is 6. The van der Waals surface area contributed by atoms with E-state index < -0.39 is 0 Å². The molecular weight excluding hydrogens is 392 g/mol. The molecule has 2 aliphatic rings. The lowest BCUT2D eigenvalue weighted by atomic mass is 9.84. The molecule has 1 aromatic carbocycles. The highest BCUT2D eigenvalue weighted by Crippen LogP contribution is 2.52. The predicted octanol–water partition coefficient (Wildman–Crippen LogP) is 6.50. The minimum Gasteiger partial charge on any atom is -0.492 e. The van der Waals surface area contributed by atoms with Crippen LogP contribution in [0.2, 0.25) is 0 Å². The van der Waals surface area contributed by atoms with Gasteiger partial charge in [0.25, 0.3) is 0 Å². The summed E-state index contributed by atoms with van der Waals surface area (Å²) in [7, 11) is 0. The Kier molecular flexibility index (Phi) is 5.32. The highest BCUT2D eigenvalue weighted by Gasteiger charge is 2.39. The Balaban J connectivity index is 1.62. The molecule has 2 saturated carbocycles. The third kappa shape index (κ3) is 3.67. The average molecular weight is 416 g/mol. The Morgan fingerprint density at radius 3 is 2.76 bits per heavy atom. The summed E-state index contributed by atoms with van der Waals surface area (Å²) in [5, 5.41) is 0. The molecule has 0 aromatic heterocycles. The monoisotopic (exact) mass is 414 g/mol. The summed E-state index contributed by atoms with van der Waals surface area (Å²) in [6, 6.07) is 6.53. The van der Waals surface area contributed by atoms with Crippen LogP contribution in [0.3, 0.4) is 0 Å². The van der Waals surface area contributed by atoms with Crippen molar-refractivity contribution in [2.45, 2.75) is 50.3 Å². The average Bonchev–Trinajstić information content (AvgIpc) is 3.08. The van der Waals surface area contributed by atoms with Crippen LogP contribution in [-0.4, -0.2) is 6.61 Å². The molecule has 0 aliphatic heterocycles. The third-order valence-electron chi connectivity index (χ3n) is 5.17. The summed E-state index contributed by atoms with van der Waals surface area (Å²) in [6.07, 6.45) is 8.25. The molecule has 0 amide bonds. The van der Waals surface area contributed by atoms with E-state index in [-0.39, 0.29) is 0 Å². The highest BCUT2D eigenvalue weighted by molar-refractivity contribution is 9.10. The normalized spacial score (nSPS) is 28.8. The van der Waals surface area contributed by atoms with Crippen LogP contribution >= 0.6 is 31.9 Å². The minimum absolute atomic E-state index is 0.471. The van der Waals surface area contributed by atoms with Gasteiger partial charge in [0, 0.05) is 4.83 Å². The Bertz CT molecular complexity index is 488. The number of hydrogen-bond donors (Lipinski definition) is 0. The second-order valence-corrected chi connectivity index (χ2v) is 8.64. The zero-order valence-corrected chi connectivity index (χ0v) is 15.8. The molecule has 1 nitrogen and oxygen atoms in total. The second kappa shape index (κ2) is 7.04. The van der Waals surface area contributed by atoms with Crippen LogP contribution in [0.5, 0.6) is 5.75 Å². The molecular formula is C18H24Br2O. The van der Waals surface area contributed by atoms with Crippen LogP contribution in [0.4, 0.5) is 0 Å². The first-order chi connectivity index (χ1) is 10.2. The van der Waals surface area contributed by atoms with Crippen LogP contribution in [0.1, 0.15) is 55.8 Å². The lowest BCUT2D eigenvalue weighted by Gasteiger charge is -2.24. The van der Waals surface area contributed by atoms with Crippen LogP contribution in [0, 0.1) is 17.8 Å². The SMILES string of the molecule is CCCOc1ccc(C(Br)CC2CC3CCC2C3)cc1Br. The molecule has 3 heteroatoms. The van der Waals surface area contributed by atoms with Gasteiger partial charge in [-0.05, 0) is 83.5 Å². The van der Waals surface area contributed by atoms with Crippen LogP contribution in [-0.2, 0) is 0 Å². The Labute approximate surface area is 145 Å². The van der Waals surface area contributed by atoms with E-state index in [2.05, 4.69) is 57.0 Å². The lowest BCUT2D eigenvalue weighted by Crippen LogP contribution is -2.12. The van der Waals surface area contributed by atoms with Gasteiger partial charge in [-0.15, -0.1) is 0 Å². The maximum atomic E-state index is 5.73. The first-order valence-corrected chi connectivity index (χ1v) is 9.94. The smallest absolute Gasteiger partial charge is 0.133 e. The lowest BCUT2D eigenvalue weighted by molar-refractivity contribution is 0.312. The Morgan fingerprint density at radius 2 is 2.14 bits per heavy atom. The van der Waals surface area contributed by atoms with Gasteiger partial charge in [0.1, 0.15) is 5.75 Å². The largest absolute Gasteiger partial charge is 0.492 e. The fourth-order valence-corrected chi connectivity index (χ4v) is 5.38. The summed E-state index contributed by atoms with van der Waals surface area (Å²) in [6.45, 7) is 2.91. The van der Waals surface area contributed by atoms with Crippen LogP contribution < -0.4 is 4.74 Å². The van der Waals surface area contributed by atoms with E-state index in [1.165, 1.54) is 37.7 Å². The van der Waals surface area contributed by atoms with E-state index in [9.17, 15) is 0 Å². The molecule has 0 heterocycles. The van der Waals surface area contributed by atoms with E-state index in [4.69, 9.17) is 4.74 Å². The molecule has 2 bridgehead atoms. The summed E-state index contributed by atoms with van der Waals surface area (Å²) < 4.78 is 6.81. The molecule has 4 unspecified atom stereocenters. The minimum atomic E-state index is 0.471. The molecule has 116 valence electrons. The van der Waals surface area contributed by atoms with Crippen molar-refractivity contribution in [2.24, 2.45) is 17.8 Å². The van der Waals surface area contributed by atoms with E-state index in [0.717, 1.165) is 41.0 Å². The summed E-state index contributed by atoms with van der Waals surface area (Å²) in [5.41, 5.74) is 1.37. The van der Waals surface area contributed by atoms with Gasteiger partial charge < -0.3 is 4.74 Å². The maximum Gasteiger partial charge on any atom is 0.133 e. The first kappa shape index (κ1) is 15.9. The summed E-state index contributed by atoms with van der Waals surface area (Å²) in [4.78, 5) is 0.471. The molecule has 21 heavy (non-hydrogen) atoms. The van der Waals surface area contributed by atoms with Crippen molar-refractivity contribution in [1.82, 2.24) is 0 Å². The van der Waals surface area contributed by atoms with E-state index in [0.29, 0.717) is 4.83 Å². The number of halogens is 2. The van der Waals surface area contributed by atoms with Crippen molar-refractivity contribution < 1.29 is 4.74 Å². The van der Waals surface area contributed by atoms with Crippen molar-refractivity contribution in [1.29, 1.82) is 0 Å². The van der Waals surface area contributed by atoms with Gasteiger partial charge in [-0.25, -0.2) is 0 Å². The molecule has 0 radical (unpaired) electrons. The number of fused-ring (bicyclic) bond motifs is 2. The molecule has 4 atom stereocenters. The molecule has 0 saturated heterocycles. The molecule has 0 N–H and O–H groups in total. The summed E-state index contributed by atoms with van der Waals surface area (Å²) >= 11 is 7.56. The predicted molar refractivity (Wildman–Crippen MR) is 95.2 cm³/mol. The van der Waals surface area contributed by atoms with Crippen molar-refractivity contribution in [2.75, 3.05) is 6.61 Å². The first-order valence-electron chi connectivity index (χ1n) is 8.23. The van der Waals surface area contributed by atoms with Gasteiger partial charge >= 0.3 is 0 Å². The quantitative estimate of drug-likeness (QED) is 0.481. The zero-order chi connectivity index (χ0) is 14.8. The molecule has 3 rings (SSSR count). The number of benzene rings is 1.